The van der Waals surface area contributed by atoms with Gasteiger partial charge in [-0.15, -0.1) is 11.6 Å². The molecule has 0 radical (unpaired) electrons. The van der Waals surface area contributed by atoms with Crippen molar-refractivity contribution in [3.05, 3.63) is 39.9 Å². The molecule has 0 amide bonds. The monoisotopic (exact) mass is 288 g/mol. The molecule has 0 aliphatic carbocycles. The maximum Gasteiger partial charge on any atom is 0.120 e. The Morgan fingerprint density at radius 1 is 1.27 bits per heavy atom. The Kier molecular flexibility index (Phi) is 5.20. The molecule has 0 aromatic heterocycles. The van der Waals surface area contributed by atoms with Gasteiger partial charge in [0.05, 0.1) is 0 Å². The van der Waals surface area contributed by atoms with Crippen LogP contribution in [0, 0.1) is 13.8 Å². The molecule has 0 aliphatic heterocycles. The van der Waals surface area contributed by atoms with E-state index in [1.54, 1.807) is 0 Å². The van der Waals surface area contributed by atoms with Crippen LogP contribution in [0.4, 0.5) is 0 Å². The highest BCUT2D eigenvalue weighted by molar-refractivity contribution is 9.10. The molecular weight excluding hydrogens is 275 g/mol. The first-order valence-corrected chi connectivity index (χ1v) is 6.08. The zero-order chi connectivity index (χ0) is 11.3. The Labute approximate surface area is 104 Å². The van der Waals surface area contributed by atoms with Crippen molar-refractivity contribution in [3.8, 4) is 5.75 Å². The predicted octanol–water partition coefficient (Wildman–Crippen LogP) is 4.24. The minimum Gasteiger partial charge on any atom is -0.490 e. The number of rotatable bonds is 4. The van der Waals surface area contributed by atoms with Gasteiger partial charge in [0, 0.05) is 10.4 Å². The summed E-state index contributed by atoms with van der Waals surface area (Å²) in [5, 5.41) is 0. The van der Waals surface area contributed by atoms with Crippen molar-refractivity contribution in [2.75, 3.05) is 12.5 Å². The van der Waals surface area contributed by atoms with Crippen molar-refractivity contribution in [1.29, 1.82) is 0 Å². The van der Waals surface area contributed by atoms with Crippen LogP contribution in [-0.2, 0) is 0 Å². The summed E-state index contributed by atoms with van der Waals surface area (Å²) in [7, 11) is 0. The standard InChI is InChI=1S/C12H14BrClO/c1-9-7-11(8-10(2)12(9)13)15-6-4-3-5-14/h3-4,7-8H,5-6H2,1-2H3/b4-3+. The summed E-state index contributed by atoms with van der Waals surface area (Å²) in [6.07, 6.45) is 3.79. The number of alkyl halides is 1. The summed E-state index contributed by atoms with van der Waals surface area (Å²) in [6.45, 7) is 4.67. The first-order chi connectivity index (χ1) is 7.15. The molecule has 0 bridgehead atoms. The quantitative estimate of drug-likeness (QED) is 0.595. The summed E-state index contributed by atoms with van der Waals surface area (Å²) in [4.78, 5) is 0. The SMILES string of the molecule is Cc1cc(OC/C=C/CCl)cc(C)c1Br. The molecule has 0 saturated carbocycles. The number of halogens is 2. The highest BCUT2D eigenvalue weighted by atomic mass is 79.9. The van der Waals surface area contributed by atoms with E-state index in [9.17, 15) is 0 Å². The lowest BCUT2D eigenvalue weighted by molar-refractivity contribution is 0.362. The third-order valence-electron chi connectivity index (χ3n) is 2.01. The van der Waals surface area contributed by atoms with Crippen molar-refractivity contribution in [1.82, 2.24) is 0 Å². The lowest BCUT2D eigenvalue weighted by Crippen LogP contribution is -1.95. The van der Waals surface area contributed by atoms with Crippen molar-refractivity contribution < 1.29 is 4.74 Å². The maximum absolute atomic E-state index is 5.56. The molecule has 1 aromatic rings. The van der Waals surface area contributed by atoms with Crippen LogP contribution in [0.25, 0.3) is 0 Å². The van der Waals surface area contributed by atoms with Gasteiger partial charge in [0.1, 0.15) is 12.4 Å². The molecule has 0 N–H and O–H groups in total. The molecule has 82 valence electrons. The van der Waals surface area contributed by atoms with E-state index in [0.29, 0.717) is 12.5 Å². The van der Waals surface area contributed by atoms with Crippen LogP contribution in [0.2, 0.25) is 0 Å². The van der Waals surface area contributed by atoms with Gasteiger partial charge in [-0.05, 0) is 37.1 Å². The number of allylic oxidation sites excluding steroid dienone is 1. The third kappa shape index (κ3) is 3.88. The van der Waals surface area contributed by atoms with Crippen LogP contribution in [0.5, 0.6) is 5.75 Å². The molecular formula is C12H14BrClO. The number of hydrogen-bond donors (Lipinski definition) is 0. The summed E-state index contributed by atoms with van der Waals surface area (Å²) >= 11 is 9.03. The number of hydrogen-bond acceptors (Lipinski definition) is 1. The van der Waals surface area contributed by atoms with Crippen molar-refractivity contribution >= 4 is 27.5 Å². The molecule has 0 fully saturated rings. The molecule has 15 heavy (non-hydrogen) atoms. The Morgan fingerprint density at radius 3 is 2.40 bits per heavy atom. The van der Waals surface area contributed by atoms with E-state index in [0.717, 1.165) is 10.2 Å². The second-order valence-electron chi connectivity index (χ2n) is 3.31. The zero-order valence-electron chi connectivity index (χ0n) is 8.89. The fourth-order valence-corrected chi connectivity index (χ4v) is 1.62. The Hall–Kier alpha value is -0.470. The molecule has 0 spiro atoms. The average molecular weight is 290 g/mol. The van der Waals surface area contributed by atoms with Crippen LogP contribution in [0.3, 0.4) is 0 Å². The molecule has 1 rings (SSSR count). The molecule has 0 atom stereocenters. The minimum absolute atomic E-state index is 0.530. The first-order valence-electron chi connectivity index (χ1n) is 4.75. The number of ether oxygens (including phenoxy) is 1. The summed E-state index contributed by atoms with van der Waals surface area (Å²) < 4.78 is 6.70. The van der Waals surface area contributed by atoms with E-state index < -0.39 is 0 Å². The van der Waals surface area contributed by atoms with Crippen LogP contribution >= 0.6 is 27.5 Å². The van der Waals surface area contributed by atoms with Gasteiger partial charge in [0.25, 0.3) is 0 Å². The second-order valence-corrected chi connectivity index (χ2v) is 4.41. The first kappa shape index (κ1) is 12.6. The fourth-order valence-electron chi connectivity index (χ4n) is 1.26. The van der Waals surface area contributed by atoms with Crippen LogP contribution in [-0.4, -0.2) is 12.5 Å². The van der Waals surface area contributed by atoms with E-state index >= 15 is 0 Å². The highest BCUT2D eigenvalue weighted by Crippen LogP contribution is 2.26. The minimum atomic E-state index is 0.530. The zero-order valence-corrected chi connectivity index (χ0v) is 11.2. The van der Waals surface area contributed by atoms with Gasteiger partial charge in [-0.25, -0.2) is 0 Å². The largest absolute Gasteiger partial charge is 0.490 e. The lowest BCUT2D eigenvalue weighted by atomic mass is 10.1. The summed E-state index contributed by atoms with van der Waals surface area (Å²) in [5.41, 5.74) is 2.37. The molecule has 0 heterocycles. The van der Waals surface area contributed by atoms with E-state index in [1.807, 2.05) is 24.3 Å². The maximum atomic E-state index is 5.56. The van der Waals surface area contributed by atoms with E-state index in [2.05, 4.69) is 29.8 Å². The lowest BCUT2D eigenvalue weighted by Gasteiger charge is -2.08. The predicted molar refractivity (Wildman–Crippen MR) is 69.0 cm³/mol. The fraction of sp³-hybridized carbons (Fsp3) is 0.333. The Balaban J connectivity index is 2.66. The van der Waals surface area contributed by atoms with E-state index in [-0.39, 0.29) is 0 Å². The Bertz CT molecular complexity index is 338. The van der Waals surface area contributed by atoms with Crippen molar-refractivity contribution in [2.45, 2.75) is 13.8 Å². The van der Waals surface area contributed by atoms with Gasteiger partial charge >= 0.3 is 0 Å². The van der Waals surface area contributed by atoms with Gasteiger partial charge in [0.15, 0.2) is 0 Å². The van der Waals surface area contributed by atoms with Gasteiger partial charge in [0.2, 0.25) is 0 Å². The van der Waals surface area contributed by atoms with Crippen LogP contribution < -0.4 is 4.74 Å². The smallest absolute Gasteiger partial charge is 0.120 e. The topological polar surface area (TPSA) is 9.23 Å². The van der Waals surface area contributed by atoms with Crippen molar-refractivity contribution in [3.63, 3.8) is 0 Å². The molecule has 0 saturated heterocycles. The second kappa shape index (κ2) is 6.19. The van der Waals surface area contributed by atoms with E-state index in [4.69, 9.17) is 16.3 Å². The van der Waals surface area contributed by atoms with Crippen LogP contribution in [0.1, 0.15) is 11.1 Å². The Morgan fingerprint density at radius 2 is 1.87 bits per heavy atom. The molecule has 1 nitrogen and oxygen atoms in total. The van der Waals surface area contributed by atoms with Crippen LogP contribution in [0.15, 0.2) is 28.8 Å². The van der Waals surface area contributed by atoms with E-state index in [1.165, 1.54) is 11.1 Å². The summed E-state index contributed by atoms with van der Waals surface area (Å²) in [5.74, 6) is 1.43. The average Bonchev–Trinajstić information content (AvgIpc) is 2.21. The number of aryl methyl sites for hydroxylation is 2. The normalized spacial score (nSPS) is 10.9. The highest BCUT2D eigenvalue weighted by Gasteiger charge is 2.02. The molecule has 3 heteroatoms. The van der Waals surface area contributed by atoms with Gasteiger partial charge in [-0.2, -0.15) is 0 Å². The number of benzene rings is 1. The van der Waals surface area contributed by atoms with Gasteiger partial charge < -0.3 is 4.74 Å². The molecule has 0 unspecified atom stereocenters. The van der Waals surface area contributed by atoms with Gasteiger partial charge in [-0.1, -0.05) is 28.1 Å². The third-order valence-corrected chi connectivity index (χ3v) is 3.44. The van der Waals surface area contributed by atoms with Crippen molar-refractivity contribution in [2.24, 2.45) is 0 Å². The molecule has 0 aliphatic rings. The molecule has 1 aromatic carbocycles. The summed E-state index contributed by atoms with van der Waals surface area (Å²) in [6, 6.07) is 4.04. The van der Waals surface area contributed by atoms with Gasteiger partial charge in [-0.3, -0.25) is 0 Å².